The fraction of sp³-hybridized carbons (Fsp3) is 0.517. The van der Waals surface area contributed by atoms with E-state index in [0.717, 1.165) is 29.9 Å². The molecule has 23 atom stereocenters. The topological polar surface area (TPSA) is 778 Å². The number of aliphatic hydroxyl groups excluding tert-OH is 2. The second kappa shape index (κ2) is 33.6. The number of phosphoric ester groups is 5. The quantitative estimate of drug-likeness (QED) is 0.0237. The summed E-state index contributed by atoms with van der Waals surface area (Å²) in [5.41, 5.74) is 30.4. The van der Waals surface area contributed by atoms with Crippen LogP contribution in [0.15, 0.2) is 79.1 Å². The minimum absolute atomic E-state index is 0.0196. The number of nitrogens with two attached hydrogens (primary N) is 5. The highest BCUT2D eigenvalue weighted by Gasteiger charge is 2.52. The Bertz CT molecular complexity index is 6150. The first-order valence-corrected chi connectivity index (χ1v) is 44.1. The predicted octanol–water partition coefficient (Wildman–Crippen LogP) is -0.455. The third-order valence-corrected chi connectivity index (χ3v) is 25.6. The summed E-state index contributed by atoms with van der Waals surface area (Å²) in [5, 5.41) is 21.2. The number of hydrogen-bond acceptors (Lipinski definition) is 45. The van der Waals surface area contributed by atoms with Gasteiger partial charge in [0.25, 0.3) is 5.56 Å². The van der Waals surface area contributed by atoms with Gasteiger partial charge in [-0.1, -0.05) is 0 Å². The Morgan fingerprint density at radius 2 is 0.607 bits per heavy atom. The number of nitrogens with one attached hydrogen (secondary N) is 1. The lowest BCUT2D eigenvalue weighted by atomic mass is 10.2. The van der Waals surface area contributed by atoms with Crippen LogP contribution in [0.2, 0.25) is 0 Å². The highest BCUT2D eigenvalue weighted by Crippen LogP contribution is 2.57. The highest BCUT2D eigenvalue weighted by atomic mass is 31.2. The van der Waals surface area contributed by atoms with Crippen LogP contribution in [0.5, 0.6) is 0 Å². The van der Waals surface area contributed by atoms with E-state index in [4.69, 9.17) is 102 Å². The molecule has 17 heterocycles. The van der Waals surface area contributed by atoms with E-state index in [-0.39, 0.29) is 116 Å². The summed E-state index contributed by atoms with van der Waals surface area (Å²) >= 11 is 0. The molecule has 11 aromatic rings. The molecule has 654 valence electrons. The van der Waals surface area contributed by atoms with Crippen LogP contribution < -0.4 is 39.9 Å². The molecule has 6 aliphatic heterocycles. The Labute approximate surface area is 680 Å². The summed E-state index contributed by atoms with van der Waals surface area (Å²) in [6, 6.07) is 0. The van der Waals surface area contributed by atoms with Crippen LogP contribution in [-0.2, 0) is 96.5 Å². The second-order valence-corrected chi connectivity index (χ2v) is 35.4. The van der Waals surface area contributed by atoms with Gasteiger partial charge in [0, 0.05) is 50.3 Å². The van der Waals surface area contributed by atoms with Gasteiger partial charge in [-0.3, -0.25) is 82.4 Å². The van der Waals surface area contributed by atoms with Gasteiger partial charge in [-0.25, -0.2) is 102 Å². The van der Waals surface area contributed by atoms with Crippen molar-refractivity contribution in [3.05, 3.63) is 95.9 Å². The summed E-state index contributed by atoms with van der Waals surface area (Å²) < 4.78 is 173. The Morgan fingerprint density at radius 1 is 0.369 bits per heavy atom. The molecule has 11 unspecified atom stereocenters. The molecule has 122 heavy (non-hydrogen) atoms. The maximum Gasteiger partial charge on any atom is 0.472 e. The number of hydrogen-bond donors (Lipinski definition) is 13. The van der Waals surface area contributed by atoms with Gasteiger partial charge >= 0.3 is 44.8 Å². The van der Waals surface area contributed by atoms with Gasteiger partial charge in [-0.05, 0) is 6.92 Å². The molecule has 0 amide bonds. The molecule has 62 heteroatoms. The predicted molar refractivity (Wildman–Crippen MR) is 402 cm³/mol. The van der Waals surface area contributed by atoms with Crippen LogP contribution in [0.3, 0.4) is 0 Å². The maximum atomic E-state index is 14.6. The van der Waals surface area contributed by atoms with E-state index in [1.165, 1.54) is 73.9 Å². The minimum Gasteiger partial charge on any atom is -0.394 e. The van der Waals surface area contributed by atoms with Crippen molar-refractivity contribution in [2.45, 2.75) is 156 Å². The van der Waals surface area contributed by atoms with Crippen molar-refractivity contribution >= 4 is 124 Å². The molecule has 0 saturated carbocycles. The van der Waals surface area contributed by atoms with Crippen molar-refractivity contribution in [1.29, 1.82) is 0 Å². The molecule has 57 nitrogen and oxygen atoms in total. The van der Waals surface area contributed by atoms with Crippen molar-refractivity contribution in [3.63, 3.8) is 0 Å². The average Bonchev–Trinajstić information content (AvgIpc) is 1.65. The number of nitrogens with zero attached hydrogens (tertiary/aromatic N) is 21. The summed E-state index contributed by atoms with van der Waals surface area (Å²) in [6.45, 7) is -3.94. The van der Waals surface area contributed by atoms with Crippen molar-refractivity contribution in [1.82, 2.24) is 107 Å². The Morgan fingerprint density at radius 3 is 0.877 bits per heavy atom. The van der Waals surface area contributed by atoms with Crippen molar-refractivity contribution in [2.75, 3.05) is 68.3 Å². The molecule has 0 radical (unpaired) electrons. The fourth-order valence-corrected chi connectivity index (χ4v) is 19.6. The molecular formula is C60H74N27O30P5. The lowest BCUT2D eigenvalue weighted by Crippen LogP contribution is -2.33. The summed E-state index contributed by atoms with van der Waals surface area (Å²) in [7, 11) is -27.0. The van der Waals surface area contributed by atoms with Gasteiger partial charge in [0.05, 0.1) is 77.4 Å². The van der Waals surface area contributed by atoms with E-state index in [1.54, 1.807) is 0 Å². The van der Waals surface area contributed by atoms with Gasteiger partial charge in [-0.15, -0.1) is 0 Å². The van der Waals surface area contributed by atoms with Crippen LogP contribution in [0, 0.1) is 6.92 Å². The number of fused-ring (bicyclic) bond motifs is 5. The Balaban J connectivity index is 0.585. The molecule has 0 aromatic carbocycles. The second-order valence-electron chi connectivity index (χ2n) is 28.4. The average molecular weight is 1810 g/mol. The van der Waals surface area contributed by atoms with Gasteiger partial charge in [0.1, 0.15) is 164 Å². The zero-order valence-corrected chi connectivity index (χ0v) is 67.2. The van der Waals surface area contributed by atoms with Crippen molar-refractivity contribution in [3.8, 4) is 0 Å². The maximum absolute atomic E-state index is 14.6. The van der Waals surface area contributed by atoms with E-state index in [1.807, 2.05) is 0 Å². The van der Waals surface area contributed by atoms with Gasteiger partial charge in [-0.2, -0.15) is 0 Å². The normalized spacial score (nSPS) is 29.5. The largest absolute Gasteiger partial charge is 0.472 e. The van der Waals surface area contributed by atoms with Crippen molar-refractivity contribution in [2.24, 2.45) is 0 Å². The number of aromatic amines is 1. The zero-order chi connectivity index (χ0) is 85.6. The number of imidazole rings is 5. The van der Waals surface area contributed by atoms with Gasteiger partial charge < -0.3 is 91.8 Å². The van der Waals surface area contributed by atoms with E-state index >= 15 is 0 Å². The molecule has 18 N–H and O–H groups in total. The molecule has 0 aliphatic carbocycles. The lowest BCUT2D eigenvalue weighted by molar-refractivity contribution is -0.0640. The van der Waals surface area contributed by atoms with Gasteiger partial charge in [0.2, 0.25) is 0 Å². The number of H-pyrrole nitrogens is 1. The number of rotatable bonds is 32. The molecule has 6 saturated heterocycles. The van der Waals surface area contributed by atoms with Crippen molar-refractivity contribution < 1.29 is 131 Å². The lowest BCUT2D eigenvalue weighted by Gasteiger charge is -2.26. The molecule has 0 spiro atoms. The number of aliphatic hydroxyl groups is 2. The zero-order valence-electron chi connectivity index (χ0n) is 62.8. The number of aromatic nitrogens is 22. The molecular weight excluding hydrogens is 1730 g/mol. The Hall–Kier alpha value is -9.34. The summed E-state index contributed by atoms with van der Waals surface area (Å²) in [6.07, 6.45) is -13.6. The molecule has 17 rings (SSSR count). The van der Waals surface area contributed by atoms with Crippen LogP contribution in [0.25, 0.3) is 55.8 Å². The van der Waals surface area contributed by atoms with E-state index in [0.29, 0.717) is 0 Å². The standard InChI is InChI=1S/C60H74N27O30P5/c1-25-8-82(60(91)81-59(25)90)38-2-26(89)33(108-38)10-102-118(92,93)114-28-4-40(84-21-77-45-50(62)67-16-72-55(45)84)110-35(28)12-104-120(96,97)116-30-6-42(86-23-79-47-52(64)69-18-74-57(47)86)112-37(30)14-106-122(100,101)117-31-7-43(87-24-80-48-53(65)70-19-75-58(48)87)111-36(31)13-105-121(98,99)115-29-5-41(85-22-78-46-51(63)68-17-73-56(46)85)109-34(29)11-103-119(94,95)113-27-3-39(107-32(27)9-88)83-20-76-44-49(61)66-15-71-54(44)83/h8,15-24,26-43,88-89H,2-7,9-14H2,1H3,(H,92,93)(H,94,95)(H,96,97)(H,98,99)(H,100,101)(H2,61,66,71)(H2,62,67,72)(H2,63,68,73)(H2,64,69,74)(H2,65,70,75)(H,81,90,91)/t26?,27?,28?,29?,30?,31?,32-,33-,34-,35-,36-,37-,38-,39-,40-,41-,42-,43-/m1/s1. The summed E-state index contributed by atoms with van der Waals surface area (Å²) in [5.74, 6) is -0.0797. The van der Waals surface area contributed by atoms with E-state index in [9.17, 15) is 67.1 Å². The van der Waals surface area contributed by atoms with Crippen LogP contribution in [-0.4, -0.2) is 255 Å². The SMILES string of the molecule is Cc1cn([C@H]2CC(O)[C@@H](COP(=O)(O)OC3C[C@H](n4cnc5c(N)ncnc54)O[C@@H]3COP(=O)(O)OC3C[C@H](n4cnc5c(N)ncnc54)O[C@@H]3COP(=O)(O)OC3C[C@H](n4cnc5c(N)ncnc54)O[C@@H]3COP(=O)(O)OC3C[C@H](n4cnc5c(N)ncnc54)O[C@@H]3COP(=O)(O)OC3C[C@H](n4cnc5c(N)ncnc54)O[C@@H]3CO)O2)c(=O)[nH]c1=O. The fourth-order valence-electron chi connectivity index (χ4n) is 14.8. The molecule has 6 fully saturated rings. The smallest absolute Gasteiger partial charge is 0.394 e. The van der Waals surface area contributed by atoms with E-state index < -0.39 is 213 Å². The number of nitrogen functional groups attached to an aromatic ring is 5. The molecule has 6 aliphatic rings. The first-order valence-electron chi connectivity index (χ1n) is 36.7. The number of aryl methyl sites for hydroxylation is 1. The first-order chi connectivity index (χ1) is 58.2. The number of ether oxygens (including phenoxy) is 6. The highest BCUT2D eigenvalue weighted by molar-refractivity contribution is 7.48. The third kappa shape index (κ3) is 17.6. The number of phosphoric acid groups is 5. The monoisotopic (exact) mass is 1810 g/mol. The minimum atomic E-state index is -5.55. The van der Waals surface area contributed by atoms with Crippen LogP contribution in [0.4, 0.5) is 29.1 Å². The van der Waals surface area contributed by atoms with Gasteiger partial charge in [0.15, 0.2) is 57.3 Å². The molecule has 0 bridgehead atoms. The Kier molecular flexibility index (Phi) is 23.4. The number of anilines is 5. The van der Waals surface area contributed by atoms with Crippen LogP contribution in [0.1, 0.15) is 81.5 Å². The third-order valence-electron chi connectivity index (χ3n) is 20.6. The van der Waals surface area contributed by atoms with Crippen LogP contribution >= 0.6 is 39.1 Å². The first kappa shape index (κ1) is 84.9. The summed E-state index contributed by atoms with van der Waals surface area (Å²) in [4.78, 5) is 147. The molecule has 11 aromatic heterocycles. The van der Waals surface area contributed by atoms with E-state index in [2.05, 4.69) is 79.7 Å².